The second kappa shape index (κ2) is 3.40. The summed E-state index contributed by atoms with van der Waals surface area (Å²) < 4.78 is 0. The molecule has 1 heterocycles. The molecule has 0 saturated carbocycles. The number of fused-ring (bicyclic) bond motifs is 1. The summed E-state index contributed by atoms with van der Waals surface area (Å²) in [7, 11) is 0. The molecule has 0 aliphatic carbocycles. The van der Waals surface area contributed by atoms with Gasteiger partial charge in [-0.15, -0.1) is 0 Å². The van der Waals surface area contributed by atoms with Crippen LogP contribution >= 0.6 is 13.5 Å². The lowest BCUT2D eigenvalue weighted by atomic mass is 10.2. The summed E-state index contributed by atoms with van der Waals surface area (Å²) in [5, 5.41) is 0.951. The Balaban J connectivity index is 0.000000720. The van der Waals surface area contributed by atoms with Crippen molar-refractivity contribution < 1.29 is 0 Å². The molecule has 62 valence electrons. The molecule has 0 spiro atoms. The quantitative estimate of drug-likeness (QED) is 0.658. The first kappa shape index (κ1) is 8.80. The Morgan fingerprint density at radius 1 is 1.25 bits per heavy atom. The molecule has 1 aromatic heterocycles. The number of aromatic amines is 1. The molecular formula is C8H8N2OS. The van der Waals surface area contributed by atoms with Gasteiger partial charge >= 0.3 is 5.69 Å². The smallest absolute Gasteiger partial charge is 0.305 e. The normalized spacial score (nSPS) is 9.33. The van der Waals surface area contributed by atoms with Crippen molar-refractivity contribution in [2.45, 2.75) is 0 Å². The average molecular weight is 180 g/mol. The van der Waals surface area contributed by atoms with Gasteiger partial charge in [-0.3, -0.25) is 0 Å². The summed E-state index contributed by atoms with van der Waals surface area (Å²) in [4.78, 5) is 16.9. The SMILES string of the molecule is O=c1ncc2ccccc2[nH]1.S. The standard InChI is InChI=1S/C8H6N2O.H2S/c11-8-9-5-6-3-1-2-4-7(6)10-8;/h1-5H,(H,9,10,11);1H2. The number of aromatic nitrogens is 2. The predicted molar refractivity (Wildman–Crippen MR) is 52.7 cm³/mol. The maximum atomic E-state index is 10.7. The van der Waals surface area contributed by atoms with Gasteiger partial charge in [0.1, 0.15) is 0 Å². The Hall–Kier alpha value is -1.29. The van der Waals surface area contributed by atoms with E-state index in [0.717, 1.165) is 10.9 Å². The van der Waals surface area contributed by atoms with Crippen molar-refractivity contribution in [1.82, 2.24) is 9.97 Å². The van der Waals surface area contributed by atoms with E-state index in [9.17, 15) is 4.79 Å². The van der Waals surface area contributed by atoms with Gasteiger partial charge in [0.25, 0.3) is 0 Å². The number of nitrogens with zero attached hydrogens (tertiary/aromatic N) is 1. The molecule has 4 heteroatoms. The van der Waals surface area contributed by atoms with Gasteiger partial charge in [0, 0.05) is 11.6 Å². The Labute approximate surface area is 75.9 Å². The van der Waals surface area contributed by atoms with E-state index >= 15 is 0 Å². The van der Waals surface area contributed by atoms with Crippen LogP contribution in [0.25, 0.3) is 10.9 Å². The number of para-hydroxylation sites is 1. The molecule has 3 nitrogen and oxygen atoms in total. The van der Waals surface area contributed by atoms with Crippen molar-refractivity contribution in [2.24, 2.45) is 0 Å². The highest BCUT2D eigenvalue weighted by atomic mass is 32.1. The Bertz CT molecular complexity index is 438. The van der Waals surface area contributed by atoms with E-state index in [1.807, 2.05) is 24.3 Å². The highest BCUT2D eigenvalue weighted by molar-refractivity contribution is 7.59. The Morgan fingerprint density at radius 2 is 2.00 bits per heavy atom. The molecule has 0 aliphatic rings. The van der Waals surface area contributed by atoms with Gasteiger partial charge in [-0.1, -0.05) is 18.2 Å². The molecule has 1 aromatic carbocycles. The maximum absolute atomic E-state index is 10.7. The third-order valence-electron chi connectivity index (χ3n) is 1.52. The van der Waals surface area contributed by atoms with E-state index in [1.165, 1.54) is 0 Å². The number of H-pyrrole nitrogens is 1. The lowest BCUT2D eigenvalue weighted by molar-refractivity contribution is 1.12. The van der Waals surface area contributed by atoms with Crippen molar-refractivity contribution in [3.8, 4) is 0 Å². The minimum absolute atomic E-state index is 0. The fourth-order valence-corrected chi connectivity index (χ4v) is 0.999. The van der Waals surface area contributed by atoms with Crippen LogP contribution in [-0.2, 0) is 0 Å². The number of hydrogen-bond acceptors (Lipinski definition) is 2. The van der Waals surface area contributed by atoms with Crippen molar-refractivity contribution in [2.75, 3.05) is 0 Å². The lowest BCUT2D eigenvalue weighted by Gasteiger charge is -1.92. The van der Waals surface area contributed by atoms with E-state index in [4.69, 9.17) is 0 Å². The predicted octanol–water partition coefficient (Wildman–Crippen LogP) is 1.04. The van der Waals surface area contributed by atoms with Crippen LogP contribution < -0.4 is 5.69 Å². The van der Waals surface area contributed by atoms with Crippen molar-refractivity contribution in [1.29, 1.82) is 0 Å². The molecule has 12 heavy (non-hydrogen) atoms. The molecule has 0 radical (unpaired) electrons. The summed E-state index contributed by atoms with van der Waals surface area (Å²) in [5.74, 6) is 0. The van der Waals surface area contributed by atoms with Crippen LogP contribution in [0.5, 0.6) is 0 Å². The van der Waals surface area contributed by atoms with E-state index in [0.29, 0.717) is 0 Å². The van der Waals surface area contributed by atoms with Crippen LogP contribution in [-0.4, -0.2) is 9.97 Å². The summed E-state index contributed by atoms with van der Waals surface area (Å²) in [6.07, 6.45) is 1.56. The zero-order valence-electron chi connectivity index (χ0n) is 6.24. The molecule has 0 atom stereocenters. The molecule has 0 amide bonds. The molecule has 2 rings (SSSR count). The van der Waals surface area contributed by atoms with E-state index < -0.39 is 0 Å². The summed E-state index contributed by atoms with van der Waals surface area (Å²) >= 11 is 0. The topological polar surface area (TPSA) is 45.8 Å². The highest BCUT2D eigenvalue weighted by Crippen LogP contribution is 2.05. The first-order chi connectivity index (χ1) is 5.36. The first-order valence-electron chi connectivity index (χ1n) is 3.30. The van der Waals surface area contributed by atoms with Crippen LogP contribution in [0.15, 0.2) is 35.3 Å². The minimum atomic E-state index is -0.302. The molecular weight excluding hydrogens is 172 g/mol. The first-order valence-corrected chi connectivity index (χ1v) is 3.30. The monoisotopic (exact) mass is 180 g/mol. The van der Waals surface area contributed by atoms with E-state index in [1.54, 1.807) is 6.20 Å². The number of hydrogen-bond donors (Lipinski definition) is 1. The molecule has 0 fully saturated rings. The van der Waals surface area contributed by atoms with Crippen LogP contribution in [0.3, 0.4) is 0 Å². The van der Waals surface area contributed by atoms with Crippen LogP contribution in [0.1, 0.15) is 0 Å². The van der Waals surface area contributed by atoms with E-state index in [-0.39, 0.29) is 19.2 Å². The molecule has 1 N–H and O–H groups in total. The second-order valence-electron chi connectivity index (χ2n) is 2.28. The number of nitrogens with one attached hydrogen (secondary N) is 1. The maximum Gasteiger partial charge on any atom is 0.345 e. The minimum Gasteiger partial charge on any atom is -0.305 e. The molecule has 0 unspecified atom stereocenters. The van der Waals surface area contributed by atoms with Gasteiger partial charge in [0.15, 0.2) is 0 Å². The van der Waals surface area contributed by atoms with Gasteiger partial charge < -0.3 is 4.98 Å². The van der Waals surface area contributed by atoms with Crippen molar-refractivity contribution in [3.63, 3.8) is 0 Å². The van der Waals surface area contributed by atoms with Gasteiger partial charge in [-0.2, -0.15) is 13.5 Å². The van der Waals surface area contributed by atoms with E-state index in [2.05, 4.69) is 9.97 Å². The Morgan fingerprint density at radius 3 is 2.83 bits per heavy atom. The highest BCUT2D eigenvalue weighted by Gasteiger charge is 1.90. The summed E-state index contributed by atoms with van der Waals surface area (Å²) in [6, 6.07) is 7.53. The molecule has 0 saturated heterocycles. The van der Waals surface area contributed by atoms with Crippen LogP contribution in [0, 0.1) is 0 Å². The Kier molecular flexibility index (Phi) is 2.50. The number of rotatable bonds is 0. The van der Waals surface area contributed by atoms with Crippen molar-refractivity contribution >= 4 is 24.4 Å². The molecule has 2 aromatic rings. The zero-order chi connectivity index (χ0) is 7.68. The summed E-state index contributed by atoms with van der Waals surface area (Å²) in [6.45, 7) is 0. The van der Waals surface area contributed by atoms with Gasteiger partial charge in [-0.25, -0.2) is 9.78 Å². The zero-order valence-corrected chi connectivity index (χ0v) is 7.24. The van der Waals surface area contributed by atoms with Gasteiger partial charge in [-0.05, 0) is 6.07 Å². The fourth-order valence-electron chi connectivity index (χ4n) is 0.999. The molecule has 0 bridgehead atoms. The van der Waals surface area contributed by atoms with Gasteiger partial charge in [0.2, 0.25) is 0 Å². The largest absolute Gasteiger partial charge is 0.345 e. The van der Waals surface area contributed by atoms with Crippen LogP contribution in [0.4, 0.5) is 0 Å². The van der Waals surface area contributed by atoms with Gasteiger partial charge in [0.05, 0.1) is 5.52 Å². The number of benzene rings is 1. The summed E-state index contributed by atoms with van der Waals surface area (Å²) in [5.41, 5.74) is 0.524. The molecule has 0 aliphatic heterocycles. The average Bonchev–Trinajstić information content (AvgIpc) is 2.04. The third kappa shape index (κ3) is 1.48. The van der Waals surface area contributed by atoms with Crippen molar-refractivity contribution in [3.05, 3.63) is 40.9 Å². The fraction of sp³-hybridized carbons (Fsp3) is 0. The van der Waals surface area contributed by atoms with Crippen LogP contribution in [0.2, 0.25) is 0 Å². The lowest BCUT2D eigenvalue weighted by Crippen LogP contribution is -2.07. The third-order valence-corrected chi connectivity index (χ3v) is 1.52. The second-order valence-corrected chi connectivity index (χ2v) is 2.28.